The number of aliphatic hydroxyl groups excluding tert-OH is 2. The monoisotopic (exact) mass is 289 g/mol. The molecule has 6 heteroatoms. The Labute approximate surface area is 121 Å². The summed E-state index contributed by atoms with van der Waals surface area (Å²) in [7, 11) is 1.65. The lowest BCUT2D eigenvalue weighted by Crippen LogP contribution is -2.31. The van der Waals surface area contributed by atoms with E-state index >= 15 is 0 Å². The lowest BCUT2D eigenvalue weighted by Gasteiger charge is -2.30. The first kappa shape index (κ1) is 13.8. The Morgan fingerprint density at radius 1 is 1.33 bits per heavy atom. The number of anilines is 2. The first-order chi connectivity index (χ1) is 10.1. The van der Waals surface area contributed by atoms with E-state index in [2.05, 4.69) is 10.3 Å². The van der Waals surface area contributed by atoms with Gasteiger partial charge in [-0.15, -0.1) is 0 Å². The van der Waals surface area contributed by atoms with Crippen molar-refractivity contribution in [3.8, 4) is 0 Å². The SMILES string of the molecule is CNC(O)c1cc2c([nH]1)N(c1ccc(F)cc1)C(O)C=C2. The zero-order chi connectivity index (χ0) is 15.0. The molecule has 0 amide bonds. The molecule has 0 fully saturated rings. The Morgan fingerprint density at radius 2 is 2.05 bits per heavy atom. The summed E-state index contributed by atoms with van der Waals surface area (Å²) in [5.41, 5.74) is 2.09. The molecule has 0 spiro atoms. The van der Waals surface area contributed by atoms with Crippen LogP contribution >= 0.6 is 0 Å². The number of nitrogens with one attached hydrogen (secondary N) is 2. The summed E-state index contributed by atoms with van der Waals surface area (Å²) >= 11 is 0. The third-order valence-corrected chi connectivity index (χ3v) is 3.47. The normalized spacial score (nSPS) is 18.7. The number of aromatic amines is 1. The Bertz CT molecular complexity index is 666. The minimum absolute atomic E-state index is 0.334. The standard InChI is InChI=1S/C15H16FN3O2/c1-17-15(21)12-8-9-2-7-13(20)19(14(9)18-12)11-5-3-10(16)4-6-11/h2-8,13,15,17-18,20-21H,1H3. The highest BCUT2D eigenvalue weighted by Gasteiger charge is 2.25. The van der Waals surface area contributed by atoms with Crippen molar-refractivity contribution in [3.05, 3.63) is 53.5 Å². The van der Waals surface area contributed by atoms with Crippen molar-refractivity contribution < 1.29 is 14.6 Å². The van der Waals surface area contributed by atoms with E-state index in [1.807, 2.05) is 0 Å². The highest BCUT2D eigenvalue weighted by Crippen LogP contribution is 2.35. The molecular formula is C15H16FN3O2. The van der Waals surface area contributed by atoms with Crippen LogP contribution in [0.1, 0.15) is 17.5 Å². The third kappa shape index (κ3) is 2.44. The second-order valence-corrected chi connectivity index (χ2v) is 4.84. The van der Waals surface area contributed by atoms with Gasteiger partial charge in [0.15, 0.2) is 6.23 Å². The van der Waals surface area contributed by atoms with Crippen LogP contribution in [0.2, 0.25) is 0 Å². The smallest absolute Gasteiger partial charge is 0.152 e. The van der Waals surface area contributed by atoms with Gasteiger partial charge in [-0.2, -0.15) is 0 Å². The zero-order valence-electron chi connectivity index (χ0n) is 11.4. The van der Waals surface area contributed by atoms with Crippen molar-refractivity contribution in [3.63, 3.8) is 0 Å². The van der Waals surface area contributed by atoms with E-state index in [1.165, 1.54) is 12.1 Å². The van der Waals surface area contributed by atoms with Crippen molar-refractivity contribution in [1.82, 2.24) is 10.3 Å². The van der Waals surface area contributed by atoms with E-state index in [1.54, 1.807) is 42.3 Å². The van der Waals surface area contributed by atoms with Gasteiger partial charge >= 0.3 is 0 Å². The predicted octanol–water partition coefficient (Wildman–Crippen LogP) is 1.85. The van der Waals surface area contributed by atoms with Crippen LogP contribution in [0.15, 0.2) is 36.4 Å². The van der Waals surface area contributed by atoms with Crippen LogP contribution in [-0.4, -0.2) is 28.5 Å². The summed E-state index contributed by atoms with van der Waals surface area (Å²) in [6.07, 6.45) is 1.73. The quantitative estimate of drug-likeness (QED) is 0.651. The van der Waals surface area contributed by atoms with Gasteiger partial charge < -0.3 is 15.2 Å². The van der Waals surface area contributed by atoms with Crippen LogP contribution in [0.4, 0.5) is 15.9 Å². The fourth-order valence-corrected chi connectivity index (χ4v) is 2.40. The van der Waals surface area contributed by atoms with Gasteiger partial charge in [0.2, 0.25) is 0 Å². The van der Waals surface area contributed by atoms with Crippen molar-refractivity contribution in [2.45, 2.75) is 12.5 Å². The molecule has 1 aliphatic rings. The van der Waals surface area contributed by atoms with Crippen molar-refractivity contribution in [1.29, 1.82) is 0 Å². The van der Waals surface area contributed by atoms with E-state index in [0.717, 1.165) is 5.56 Å². The number of hydrogen-bond acceptors (Lipinski definition) is 4. The van der Waals surface area contributed by atoms with Gasteiger partial charge in [0.25, 0.3) is 0 Å². The molecule has 3 rings (SSSR count). The van der Waals surface area contributed by atoms with Crippen LogP contribution < -0.4 is 10.2 Å². The van der Waals surface area contributed by atoms with Crippen molar-refractivity contribution in [2.75, 3.05) is 11.9 Å². The number of H-pyrrole nitrogens is 1. The fraction of sp³-hybridized carbons (Fsp3) is 0.200. The van der Waals surface area contributed by atoms with Crippen molar-refractivity contribution >= 4 is 17.6 Å². The zero-order valence-corrected chi connectivity index (χ0v) is 11.4. The van der Waals surface area contributed by atoms with E-state index in [9.17, 15) is 14.6 Å². The lowest BCUT2D eigenvalue weighted by atomic mass is 10.1. The molecule has 21 heavy (non-hydrogen) atoms. The largest absolute Gasteiger partial charge is 0.373 e. The summed E-state index contributed by atoms with van der Waals surface area (Å²) in [6, 6.07) is 7.67. The molecule has 5 nitrogen and oxygen atoms in total. The summed E-state index contributed by atoms with van der Waals surface area (Å²) in [6.45, 7) is 0. The molecule has 2 atom stereocenters. The maximum atomic E-state index is 13.1. The molecular weight excluding hydrogens is 273 g/mol. The third-order valence-electron chi connectivity index (χ3n) is 3.47. The molecule has 1 aromatic carbocycles. The van der Waals surface area contributed by atoms with Gasteiger partial charge in [0.05, 0.1) is 5.69 Å². The molecule has 0 aliphatic carbocycles. The number of benzene rings is 1. The van der Waals surface area contributed by atoms with Crippen LogP contribution in [0, 0.1) is 5.82 Å². The summed E-state index contributed by atoms with van der Waals surface area (Å²) in [5, 5.41) is 22.8. The van der Waals surface area contributed by atoms with Gasteiger partial charge in [-0.1, -0.05) is 6.08 Å². The fourth-order valence-electron chi connectivity index (χ4n) is 2.40. The van der Waals surface area contributed by atoms with E-state index in [4.69, 9.17) is 0 Å². The molecule has 0 saturated carbocycles. The van der Waals surface area contributed by atoms with E-state index in [-0.39, 0.29) is 5.82 Å². The number of nitrogens with zero attached hydrogens (tertiary/aromatic N) is 1. The number of halogens is 1. The number of fused-ring (bicyclic) bond motifs is 1. The van der Waals surface area contributed by atoms with Gasteiger partial charge in [0.1, 0.15) is 17.9 Å². The number of rotatable bonds is 3. The number of aromatic nitrogens is 1. The molecule has 0 bridgehead atoms. The molecule has 110 valence electrons. The van der Waals surface area contributed by atoms with Gasteiger partial charge in [-0.25, -0.2) is 4.39 Å². The number of hydrogen-bond donors (Lipinski definition) is 4. The molecule has 0 radical (unpaired) electrons. The topological polar surface area (TPSA) is 71.5 Å². The molecule has 4 N–H and O–H groups in total. The summed E-state index contributed by atoms with van der Waals surface area (Å²) in [4.78, 5) is 4.73. The van der Waals surface area contributed by atoms with Crippen LogP contribution in [0.25, 0.3) is 6.08 Å². The molecule has 2 heterocycles. The second kappa shape index (κ2) is 5.33. The van der Waals surface area contributed by atoms with Gasteiger partial charge in [-0.05, 0) is 43.5 Å². The van der Waals surface area contributed by atoms with E-state index < -0.39 is 12.5 Å². The van der Waals surface area contributed by atoms with Crippen molar-refractivity contribution in [2.24, 2.45) is 0 Å². The predicted molar refractivity (Wildman–Crippen MR) is 78.4 cm³/mol. The maximum Gasteiger partial charge on any atom is 0.152 e. The van der Waals surface area contributed by atoms with Crippen LogP contribution in [0.5, 0.6) is 0 Å². The first-order valence-electron chi connectivity index (χ1n) is 6.59. The Balaban J connectivity index is 2.04. The molecule has 2 unspecified atom stereocenters. The Kier molecular flexibility index (Phi) is 3.50. The Morgan fingerprint density at radius 3 is 2.71 bits per heavy atom. The average Bonchev–Trinajstić information content (AvgIpc) is 2.91. The molecule has 1 aliphatic heterocycles. The summed E-state index contributed by atoms with van der Waals surface area (Å²) < 4.78 is 13.1. The van der Waals surface area contributed by atoms with Crippen LogP contribution in [-0.2, 0) is 0 Å². The highest BCUT2D eigenvalue weighted by molar-refractivity contribution is 5.76. The lowest BCUT2D eigenvalue weighted by molar-refractivity contribution is 0.145. The number of aliphatic hydroxyl groups is 2. The van der Waals surface area contributed by atoms with Gasteiger partial charge in [0, 0.05) is 11.3 Å². The second-order valence-electron chi connectivity index (χ2n) is 4.84. The maximum absolute atomic E-state index is 13.1. The first-order valence-corrected chi connectivity index (χ1v) is 6.59. The minimum atomic E-state index is -0.860. The molecule has 0 saturated heterocycles. The van der Waals surface area contributed by atoms with E-state index in [0.29, 0.717) is 17.2 Å². The molecule has 2 aromatic rings. The summed E-state index contributed by atoms with van der Waals surface area (Å²) in [5.74, 6) is 0.319. The minimum Gasteiger partial charge on any atom is -0.373 e. The average molecular weight is 289 g/mol. The molecule has 1 aromatic heterocycles. The Hall–Kier alpha value is -2.15. The van der Waals surface area contributed by atoms with Gasteiger partial charge in [-0.3, -0.25) is 10.2 Å². The highest BCUT2D eigenvalue weighted by atomic mass is 19.1. The van der Waals surface area contributed by atoms with Crippen LogP contribution in [0.3, 0.4) is 0 Å².